The van der Waals surface area contributed by atoms with Crippen LogP contribution in [0, 0.1) is 0 Å². The fourth-order valence-electron chi connectivity index (χ4n) is 2.46. The van der Waals surface area contributed by atoms with Crippen LogP contribution in [0.25, 0.3) is 5.69 Å². The van der Waals surface area contributed by atoms with Crippen molar-refractivity contribution in [2.75, 3.05) is 13.2 Å². The molecule has 0 aliphatic carbocycles. The molecule has 0 radical (unpaired) electrons. The third-order valence-electron chi connectivity index (χ3n) is 3.44. The second kappa shape index (κ2) is 8.36. The van der Waals surface area contributed by atoms with Crippen LogP contribution in [0.2, 0.25) is 0 Å². The molecule has 0 saturated heterocycles. The number of rotatable bonds is 3. The van der Waals surface area contributed by atoms with E-state index < -0.39 is 5.91 Å². The number of hydrogen-bond acceptors (Lipinski definition) is 4. The number of amides is 1. The van der Waals surface area contributed by atoms with Gasteiger partial charge < -0.3 is 26.4 Å². The molecule has 0 spiro atoms. The molecular weight excluding hydrogens is 350 g/mol. The van der Waals surface area contributed by atoms with E-state index in [1.54, 1.807) is 4.68 Å². The van der Waals surface area contributed by atoms with Gasteiger partial charge in [-0.05, 0) is 18.6 Å². The van der Waals surface area contributed by atoms with E-state index in [9.17, 15) is 4.79 Å². The number of carbonyl (C=O) groups is 1. The van der Waals surface area contributed by atoms with Crippen LogP contribution in [-0.4, -0.2) is 40.3 Å². The molecule has 6 N–H and O–H groups in total. The number of nitrogens with zero attached hydrogens (tertiary/aromatic N) is 3. The molecule has 0 bridgehead atoms. The largest absolute Gasteiger partial charge is 0.486 e. The Bertz CT molecular complexity index is 786. The van der Waals surface area contributed by atoms with Gasteiger partial charge in [-0.2, -0.15) is 10.1 Å². The molecule has 1 aromatic carbocycles. The SMILES string of the molecule is CCc1c(C(=O)N=C(N)N)cnn1-c1ccc2c(c1)OCCO2.Cl.O. The monoisotopic (exact) mass is 369 g/mol. The molecule has 1 amide bonds. The average Bonchev–Trinajstić information content (AvgIpc) is 2.97. The fraction of sp³-hybridized carbons (Fsp3) is 0.267. The maximum absolute atomic E-state index is 12.1. The number of aliphatic imine (C=N–C) groups is 1. The first-order chi connectivity index (χ1) is 11.1. The van der Waals surface area contributed by atoms with Crippen LogP contribution in [-0.2, 0) is 6.42 Å². The normalized spacial score (nSPS) is 11.7. The van der Waals surface area contributed by atoms with Gasteiger partial charge in [-0.25, -0.2) is 4.68 Å². The van der Waals surface area contributed by atoms with E-state index in [0.29, 0.717) is 36.7 Å². The van der Waals surface area contributed by atoms with E-state index in [4.69, 9.17) is 20.9 Å². The third-order valence-corrected chi connectivity index (χ3v) is 3.44. The lowest BCUT2D eigenvalue weighted by Crippen LogP contribution is -2.24. The molecule has 0 atom stereocenters. The molecule has 2 heterocycles. The third kappa shape index (κ3) is 4.01. The topological polar surface area (TPSA) is 149 Å². The van der Waals surface area contributed by atoms with Crippen LogP contribution >= 0.6 is 12.4 Å². The molecule has 0 fully saturated rings. The first-order valence-electron chi connectivity index (χ1n) is 7.21. The quantitative estimate of drug-likeness (QED) is 0.583. The zero-order valence-electron chi connectivity index (χ0n) is 13.6. The van der Waals surface area contributed by atoms with Gasteiger partial charge in [0, 0.05) is 6.07 Å². The number of aromatic nitrogens is 2. The molecule has 1 aliphatic rings. The molecular formula is C15H20ClN5O4. The Labute approximate surface area is 150 Å². The van der Waals surface area contributed by atoms with E-state index >= 15 is 0 Å². The van der Waals surface area contributed by atoms with Crippen LogP contribution < -0.4 is 20.9 Å². The van der Waals surface area contributed by atoms with E-state index in [0.717, 1.165) is 11.4 Å². The van der Waals surface area contributed by atoms with Gasteiger partial charge in [-0.15, -0.1) is 12.4 Å². The zero-order chi connectivity index (χ0) is 16.4. The number of halogens is 1. The van der Waals surface area contributed by atoms with Gasteiger partial charge in [0.2, 0.25) is 0 Å². The van der Waals surface area contributed by atoms with Crippen LogP contribution in [0.4, 0.5) is 0 Å². The van der Waals surface area contributed by atoms with Gasteiger partial charge in [0.15, 0.2) is 17.5 Å². The van der Waals surface area contributed by atoms with Crippen molar-refractivity contribution in [1.29, 1.82) is 0 Å². The highest BCUT2D eigenvalue weighted by atomic mass is 35.5. The van der Waals surface area contributed by atoms with Crippen molar-refractivity contribution in [2.45, 2.75) is 13.3 Å². The Morgan fingerprint density at radius 1 is 1.28 bits per heavy atom. The van der Waals surface area contributed by atoms with Crippen molar-refractivity contribution in [1.82, 2.24) is 9.78 Å². The number of carbonyl (C=O) groups excluding carboxylic acids is 1. The number of fused-ring (bicyclic) bond motifs is 1. The van der Waals surface area contributed by atoms with Crippen molar-refractivity contribution < 1.29 is 19.7 Å². The molecule has 9 nitrogen and oxygen atoms in total. The maximum Gasteiger partial charge on any atom is 0.283 e. The molecule has 1 aliphatic heterocycles. The minimum Gasteiger partial charge on any atom is -0.486 e. The van der Waals surface area contributed by atoms with Crippen molar-refractivity contribution in [2.24, 2.45) is 16.5 Å². The Morgan fingerprint density at radius 3 is 2.60 bits per heavy atom. The summed E-state index contributed by atoms with van der Waals surface area (Å²) >= 11 is 0. The van der Waals surface area contributed by atoms with Gasteiger partial charge in [0.1, 0.15) is 13.2 Å². The van der Waals surface area contributed by atoms with Gasteiger partial charge in [-0.1, -0.05) is 6.92 Å². The lowest BCUT2D eigenvalue weighted by atomic mass is 10.2. The number of nitrogens with two attached hydrogens (primary N) is 2. The summed E-state index contributed by atoms with van der Waals surface area (Å²) in [4.78, 5) is 15.6. The van der Waals surface area contributed by atoms with Gasteiger partial charge in [0.05, 0.1) is 23.1 Å². The van der Waals surface area contributed by atoms with Crippen molar-refractivity contribution in [3.05, 3.63) is 35.7 Å². The van der Waals surface area contributed by atoms with Crippen molar-refractivity contribution >= 4 is 24.3 Å². The smallest absolute Gasteiger partial charge is 0.283 e. The zero-order valence-corrected chi connectivity index (χ0v) is 14.4. The molecule has 136 valence electrons. The van der Waals surface area contributed by atoms with Crippen LogP contribution in [0.1, 0.15) is 23.0 Å². The van der Waals surface area contributed by atoms with Crippen LogP contribution in [0.3, 0.4) is 0 Å². The summed E-state index contributed by atoms with van der Waals surface area (Å²) < 4.78 is 12.8. The van der Waals surface area contributed by atoms with Gasteiger partial charge in [-0.3, -0.25) is 4.79 Å². The lowest BCUT2D eigenvalue weighted by Gasteiger charge is -2.19. The predicted molar refractivity (Wildman–Crippen MR) is 94.9 cm³/mol. The van der Waals surface area contributed by atoms with E-state index in [1.165, 1.54) is 6.20 Å². The molecule has 25 heavy (non-hydrogen) atoms. The summed E-state index contributed by atoms with van der Waals surface area (Å²) in [5, 5.41) is 4.28. The number of ether oxygens (including phenoxy) is 2. The minimum absolute atomic E-state index is 0. The molecule has 0 unspecified atom stereocenters. The van der Waals surface area contributed by atoms with Crippen molar-refractivity contribution in [3.8, 4) is 17.2 Å². The summed E-state index contributed by atoms with van der Waals surface area (Å²) in [5.41, 5.74) is 12.4. The number of benzene rings is 1. The number of guanidine groups is 1. The molecule has 2 aromatic rings. The lowest BCUT2D eigenvalue weighted by molar-refractivity contribution is 0.100. The summed E-state index contributed by atoms with van der Waals surface area (Å²) in [6.45, 7) is 2.97. The van der Waals surface area contributed by atoms with E-state index in [-0.39, 0.29) is 23.8 Å². The standard InChI is InChI=1S/C15H17N5O3.ClH.H2O/c1-2-11-10(14(21)19-15(16)17)8-18-20(11)9-3-4-12-13(7-9)23-6-5-22-12;;/h3-4,7-8H,2,5-6H2,1H3,(H4,16,17,19,21);1H;1H2. The summed E-state index contributed by atoms with van der Waals surface area (Å²) in [6, 6.07) is 5.51. The predicted octanol–water partition coefficient (Wildman–Crippen LogP) is 0.217. The Morgan fingerprint density at radius 2 is 1.96 bits per heavy atom. The highest BCUT2D eigenvalue weighted by molar-refractivity contribution is 6.02. The second-order valence-electron chi connectivity index (χ2n) is 4.94. The summed E-state index contributed by atoms with van der Waals surface area (Å²) in [5.74, 6) is 0.570. The van der Waals surface area contributed by atoms with E-state index in [1.807, 2.05) is 25.1 Å². The number of hydrogen-bond donors (Lipinski definition) is 2. The van der Waals surface area contributed by atoms with Gasteiger partial charge in [0.25, 0.3) is 5.91 Å². The van der Waals surface area contributed by atoms with Crippen LogP contribution in [0.5, 0.6) is 11.5 Å². The Hall–Kier alpha value is -2.78. The summed E-state index contributed by atoms with van der Waals surface area (Å²) in [6.07, 6.45) is 2.06. The highest BCUT2D eigenvalue weighted by Crippen LogP contribution is 2.32. The Kier molecular flexibility index (Phi) is 6.77. The molecule has 1 aromatic heterocycles. The second-order valence-corrected chi connectivity index (χ2v) is 4.94. The van der Waals surface area contributed by atoms with E-state index in [2.05, 4.69) is 10.1 Å². The average molecular weight is 370 g/mol. The Balaban J connectivity index is 0.00000156. The van der Waals surface area contributed by atoms with Crippen LogP contribution in [0.15, 0.2) is 29.4 Å². The fourth-order valence-corrected chi connectivity index (χ4v) is 2.46. The first-order valence-corrected chi connectivity index (χ1v) is 7.21. The maximum atomic E-state index is 12.1. The first kappa shape index (κ1) is 20.3. The minimum atomic E-state index is -0.509. The molecule has 0 saturated carbocycles. The molecule has 3 rings (SSSR count). The molecule has 10 heteroatoms. The van der Waals surface area contributed by atoms with Crippen molar-refractivity contribution in [3.63, 3.8) is 0 Å². The summed E-state index contributed by atoms with van der Waals surface area (Å²) in [7, 11) is 0. The highest BCUT2D eigenvalue weighted by Gasteiger charge is 2.19. The van der Waals surface area contributed by atoms with Gasteiger partial charge >= 0.3 is 0 Å².